The Bertz CT molecular complexity index is 1370. The third kappa shape index (κ3) is 4.20. The van der Waals surface area contributed by atoms with E-state index in [2.05, 4.69) is 16.0 Å². The molecule has 2 aromatic heterocycles. The number of aromatic nitrogens is 3. The number of carbonyl (C=O) groups excluding carboxylic acids is 1. The van der Waals surface area contributed by atoms with Crippen LogP contribution in [0.25, 0.3) is 21.9 Å². The Hall–Kier alpha value is -4.05. The van der Waals surface area contributed by atoms with Crippen molar-refractivity contribution in [1.82, 2.24) is 15.0 Å². The van der Waals surface area contributed by atoms with Gasteiger partial charge < -0.3 is 19.4 Å². The number of nitrogens with zero attached hydrogens (tertiary/aromatic N) is 2. The average Bonchev–Trinajstić information content (AvgIpc) is 3.50. The van der Waals surface area contributed by atoms with Crippen LogP contribution >= 0.6 is 0 Å². The minimum atomic E-state index is -0.862. The maximum absolute atomic E-state index is 12.0. The summed E-state index contributed by atoms with van der Waals surface area (Å²) < 4.78 is 10.6. The van der Waals surface area contributed by atoms with Crippen molar-refractivity contribution in [2.75, 3.05) is 14.2 Å². The van der Waals surface area contributed by atoms with Crippen LogP contribution in [0.5, 0.6) is 5.75 Å². The normalized spacial score (nSPS) is 12.8. The molecule has 0 radical (unpaired) electrons. The van der Waals surface area contributed by atoms with Gasteiger partial charge in [0.25, 0.3) is 0 Å². The summed E-state index contributed by atoms with van der Waals surface area (Å²) in [6.45, 7) is 7.98. The molecule has 0 saturated carbocycles. The number of hydrogen-bond acceptors (Lipinski definition) is 5. The monoisotopic (exact) mass is 444 g/mol. The minimum absolute atomic E-state index is 0.467. The van der Waals surface area contributed by atoms with Crippen molar-refractivity contribution in [2.45, 2.75) is 33.1 Å². The number of allylic oxidation sites excluding steroid dienone is 1. The predicted octanol–water partition coefficient (Wildman–Crippen LogP) is 5.29. The zero-order chi connectivity index (χ0) is 24.2. The number of aryl methyl sites for hydroxylation is 1. The summed E-state index contributed by atoms with van der Waals surface area (Å²) in [5.74, 6) is 0.827. The number of benzene rings is 2. The topological polar surface area (TPSA) is 104 Å². The largest absolute Gasteiger partial charge is 0.496 e. The first-order chi connectivity index (χ1) is 15.9. The van der Waals surface area contributed by atoms with Crippen LogP contribution in [0.2, 0.25) is 0 Å². The Morgan fingerprint density at radius 3 is 2.64 bits per heavy atom. The third-order valence-corrected chi connectivity index (χ3v) is 5.60. The van der Waals surface area contributed by atoms with Crippen molar-refractivity contribution in [2.24, 2.45) is 0 Å². The quantitative estimate of drug-likeness (QED) is 0.321. The molecule has 33 heavy (non-hydrogen) atoms. The first kappa shape index (κ1) is 23.6. The number of hydrogen-bond donors (Lipinski definition) is 2. The lowest BCUT2D eigenvalue weighted by Gasteiger charge is -2.28. The highest BCUT2D eigenvalue weighted by atomic mass is 16.5. The Kier molecular flexibility index (Phi) is 6.88. The van der Waals surface area contributed by atoms with Gasteiger partial charge in [-0.2, -0.15) is 5.26 Å². The molecule has 4 aromatic rings. The standard InChI is InChI=1S/C24H22N4O3.C2H6/c1-14-11-19(30-3)21(16-8-10-26-22(14)16)24(2,9-7-20(29)31-4)23-27-17-6-5-15(13-25)12-18(17)28-23;1-2/h5-12,26H,1-4H3,(H,27,28);1-2H3/b9-7+;. The van der Waals surface area contributed by atoms with Gasteiger partial charge in [0.15, 0.2) is 0 Å². The fourth-order valence-corrected chi connectivity index (χ4v) is 3.98. The van der Waals surface area contributed by atoms with E-state index in [9.17, 15) is 10.1 Å². The molecule has 0 spiro atoms. The van der Waals surface area contributed by atoms with E-state index in [-0.39, 0.29) is 0 Å². The number of rotatable bonds is 5. The van der Waals surface area contributed by atoms with Gasteiger partial charge in [-0.25, -0.2) is 9.78 Å². The number of aromatic amines is 2. The molecule has 2 heterocycles. The number of esters is 1. The molecule has 0 aliphatic carbocycles. The number of ether oxygens (including phenoxy) is 2. The number of fused-ring (bicyclic) bond motifs is 2. The van der Waals surface area contributed by atoms with Crippen molar-refractivity contribution < 1.29 is 14.3 Å². The van der Waals surface area contributed by atoms with E-state index in [0.29, 0.717) is 17.1 Å². The summed E-state index contributed by atoms with van der Waals surface area (Å²) >= 11 is 0. The summed E-state index contributed by atoms with van der Waals surface area (Å²) in [4.78, 5) is 23.4. The van der Waals surface area contributed by atoms with Crippen LogP contribution in [0.4, 0.5) is 0 Å². The van der Waals surface area contributed by atoms with E-state index in [1.54, 1.807) is 31.4 Å². The van der Waals surface area contributed by atoms with Crippen molar-refractivity contribution in [1.29, 1.82) is 5.26 Å². The second-order valence-electron chi connectivity index (χ2n) is 7.53. The minimum Gasteiger partial charge on any atom is -0.496 e. The molecule has 0 bridgehead atoms. The van der Waals surface area contributed by atoms with Gasteiger partial charge in [0.05, 0.1) is 42.3 Å². The molecule has 7 heteroatoms. The van der Waals surface area contributed by atoms with Crippen LogP contribution < -0.4 is 4.74 Å². The van der Waals surface area contributed by atoms with Gasteiger partial charge in [-0.15, -0.1) is 0 Å². The Morgan fingerprint density at radius 1 is 1.21 bits per heavy atom. The molecule has 2 N–H and O–H groups in total. The predicted molar refractivity (Wildman–Crippen MR) is 129 cm³/mol. The summed E-state index contributed by atoms with van der Waals surface area (Å²) in [5.41, 5.74) is 4.03. The van der Waals surface area contributed by atoms with Crippen LogP contribution in [0, 0.1) is 18.3 Å². The number of nitrogens with one attached hydrogen (secondary N) is 2. The average molecular weight is 445 g/mol. The van der Waals surface area contributed by atoms with Crippen molar-refractivity contribution in [3.63, 3.8) is 0 Å². The first-order valence-corrected chi connectivity index (χ1v) is 10.7. The lowest BCUT2D eigenvalue weighted by molar-refractivity contribution is -0.134. The molecule has 2 aromatic carbocycles. The molecule has 0 amide bonds. The Morgan fingerprint density at radius 2 is 1.97 bits per heavy atom. The van der Waals surface area contributed by atoms with E-state index in [1.165, 1.54) is 13.2 Å². The highest BCUT2D eigenvalue weighted by molar-refractivity contribution is 5.91. The number of methoxy groups -OCH3 is 2. The molecule has 1 atom stereocenters. The molecule has 0 aliphatic heterocycles. The van der Waals surface area contributed by atoms with Gasteiger partial charge in [0.2, 0.25) is 0 Å². The maximum Gasteiger partial charge on any atom is 0.330 e. The van der Waals surface area contributed by atoms with Crippen LogP contribution in [-0.4, -0.2) is 35.1 Å². The SMILES string of the molecule is CC.COC(=O)/C=C/C(C)(c1nc2ccc(C#N)cc2[nH]1)c1c(OC)cc(C)c2[nH]ccc12. The molecule has 170 valence electrons. The molecule has 1 unspecified atom stereocenters. The van der Waals surface area contributed by atoms with E-state index in [1.807, 2.05) is 46.0 Å². The smallest absolute Gasteiger partial charge is 0.330 e. The van der Waals surface area contributed by atoms with Crippen LogP contribution in [-0.2, 0) is 14.9 Å². The van der Waals surface area contributed by atoms with Crippen molar-refractivity contribution >= 4 is 27.9 Å². The number of carbonyl (C=O) groups is 1. The fraction of sp³-hybridized carbons (Fsp3) is 0.269. The van der Waals surface area contributed by atoms with Gasteiger partial charge in [-0.05, 0) is 49.7 Å². The number of nitriles is 1. The van der Waals surface area contributed by atoms with E-state index in [4.69, 9.17) is 14.5 Å². The molecule has 0 saturated heterocycles. The molecule has 4 rings (SSSR count). The summed E-state index contributed by atoms with van der Waals surface area (Å²) in [7, 11) is 2.96. The van der Waals surface area contributed by atoms with Gasteiger partial charge in [-0.3, -0.25) is 0 Å². The zero-order valence-electron chi connectivity index (χ0n) is 19.7. The highest BCUT2D eigenvalue weighted by Gasteiger charge is 2.35. The Labute approximate surface area is 193 Å². The second-order valence-corrected chi connectivity index (χ2v) is 7.53. The number of H-pyrrole nitrogens is 2. The van der Waals surface area contributed by atoms with Crippen molar-refractivity contribution in [3.05, 3.63) is 71.2 Å². The van der Waals surface area contributed by atoms with E-state index < -0.39 is 11.4 Å². The first-order valence-electron chi connectivity index (χ1n) is 10.7. The third-order valence-electron chi connectivity index (χ3n) is 5.60. The van der Waals surface area contributed by atoms with Gasteiger partial charge in [0, 0.05) is 28.7 Å². The highest BCUT2D eigenvalue weighted by Crippen LogP contribution is 2.43. The lowest BCUT2D eigenvalue weighted by Crippen LogP contribution is -2.24. The van der Waals surface area contributed by atoms with Gasteiger partial charge in [0.1, 0.15) is 11.6 Å². The molecular formula is C26H28N4O3. The molecule has 0 aliphatic rings. The van der Waals surface area contributed by atoms with Crippen LogP contribution in [0.3, 0.4) is 0 Å². The fourth-order valence-electron chi connectivity index (χ4n) is 3.98. The van der Waals surface area contributed by atoms with Crippen LogP contribution in [0.1, 0.15) is 43.3 Å². The molecule has 7 nitrogen and oxygen atoms in total. The summed E-state index contributed by atoms with van der Waals surface area (Å²) in [5, 5.41) is 10.2. The van der Waals surface area contributed by atoms with E-state index >= 15 is 0 Å². The maximum atomic E-state index is 12.0. The zero-order valence-corrected chi connectivity index (χ0v) is 19.7. The molecular weight excluding hydrogens is 416 g/mol. The van der Waals surface area contributed by atoms with Crippen molar-refractivity contribution in [3.8, 4) is 11.8 Å². The number of imidazole rings is 1. The summed E-state index contributed by atoms with van der Waals surface area (Å²) in [6, 6.07) is 11.4. The van der Waals surface area contributed by atoms with Crippen LogP contribution in [0.15, 0.2) is 48.7 Å². The lowest BCUT2D eigenvalue weighted by atomic mass is 9.78. The summed E-state index contributed by atoms with van der Waals surface area (Å²) in [6.07, 6.45) is 5.04. The van der Waals surface area contributed by atoms with Gasteiger partial charge >= 0.3 is 5.97 Å². The second kappa shape index (κ2) is 9.61. The van der Waals surface area contributed by atoms with Gasteiger partial charge in [-0.1, -0.05) is 19.9 Å². The van der Waals surface area contributed by atoms with E-state index in [0.717, 1.165) is 33.1 Å². The molecule has 0 fully saturated rings. The Balaban J connectivity index is 0.00000149.